The van der Waals surface area contributed by atoms with Crippen LogP contribution in [-0.2, 0) is 11.0 Å². The van der Waals surface area contributed by atoms with Crippen LogP contribution in [0.4, 0.5) is 13.2 Å². The number of benzene rings is 2. The van der Waals surface area contributed by atoms with Gasteiger partial charge in [0.25, 0.3) is 0 Å². The molecule has 1 aliphatic heterocycles. The maximum absolute atomic E-state index is 13.4. The van der Waals surface area contributed by atoms with E-state index in [2.05, 4.69) is 4.98 Å². The summed E-state index contributed by atoms with van der Waals surface area (Å²) in [6, 6.07) is 11.3. The molecule has 2 heterocycles. The third kappa shape index (κ3) is 4.03. The second-order valence-corrected chi connectivity index (χ2v) is 7.60. The van der Waals surface area contributed by atoms with E-state index in [1.807, 2.05) is 29.2 Å². The summed E-state index contributed by atoms with van der Waals surface area (Å²) in [5, 5.41) is 11.6. The summed E-state index contributed by atoms with van der Waals surface area (Å²) in [6.45, 7) is 0.506. The van der Waals surface area contributed by atoms with Gasteiger partial charge in [0.15, 0.2) is 0 Å². The highest BCUT2D eigenvalue weighted by Gasteiger charge is 2.37. The number of likely N-dealkylation sites (tertiary alicyclic amines) is 1. The van der Waals surface area contributed by atoms with Crippen molar-refractivity contribution in [3.05, 3.63) is 77.6 Å². The van der Waals surface area contributed by atoms with Crippen LogP contribution in [0.1, 0.15) is 42.0 Å². The van der Waals surface area contributed by atoms with Crippen LogP contribution in [0, 0.1) is 0 Å². The lowest BCUT2D eigenvalue weighted by atomic mass is 9.90. The number of carboxylic acid groups (broad SMARTS) is 1. The first-order chi connectivity index (χ1) is 14.3. The number of halogens is 3. The van der Waals surface area contributed by atoms with Crippen molar-refractivity contribution >= 4 is 16.7 Å². The van der Waals surface area contributed by atoms with Crippen LogP contribution in [0.5, 0.6) is 0 Å². The molecule has 0 aliphatic carbocycles. The van der Waals surface area contributed by atoms with Crippen molar-refractivity contribution in [2.45, 2.75) is 37.5 Å². The number of aliphatic carboxylic acids is 1. The van der Waals surface area contributed by atoms with E-state index in [9.17, 15) is 23.1 Å². The van der Waals surface area contributed by atoms with Crippen molar-refractivity contribution in [3.63, 3.8) is 0 Å². The molecule has 4 rings (SSSR count). The normalized spacial score (nSPS) is 19.0. The van der Waals surface area contributed by atoms with Gasteiger partial charge in [0.05, 0.1) is 11.6 Å². The minimum atomic E-state index is -4.47. The number of aromatic nitrogens is 1. The minimum absolute atomic E-state index is 0.436. The second kappa shape index (κ2) is 8.07. The Morgan fingerprint density at radius 1 is 1.07 bits per heavy atom. The zero-order valence-corrected chi connectivity index (χ0v) is 16.1. The molecule has 1 aliphatic rings. The summed E-state index contributed by atoms with van der Waals surface area (Å²) in [4.78, 5) is 17.9. The Kier molecular flexibility index (Phi) is 5.47. The standard InChI is InChI=1S/C23H21F3N2O2/c24-23(25,26)19-5-3-4-16(13-19)21(28-11-2-1-6-20(28)22(29)30)17-7-8-18-14-27-10-9-15(18)12-17/h3-5,7-10,12-14,20-21H,1-2,6,11H2,(H,29,30). The summed E-state index contributed by atoms with van der Waals surface area (Å²) >= 11 is 0. The third-order valence-electron chi connectivity index (χ3n) is 5.67. The molecule has 4 nitrogen and oxygen atoms in total. The molecule has 0 spiro atoms. The van der Waals surface area contributed by atoms with Crippen LogP contribution in [0.25, 0.3) is 10.8 Å². The molecule has 3 aromatic rings. The highest BCUT2D eigenvalue weighted by molar-refractivity contribution is 5.82. The van der Waals surface area contributed by atoms with E-state index in [1.54, 1.807) is 18.5 Å². The first-order valence-electron chi connectivity index (χ1n) is 9.84. The quantitative estimate of drug-likeness (QED) is 0.631. The molecule has 0 radical (unpaired) electrons. The Balaban J connectivity index is 1.87. The third-order valence-corrected chi connectivity index (χ3v) is 5.67. The zero-order valence-electron chi connectivity index (χ0n) is 16.1. The number of alkyl halides is 3. The molecule has 1 saturated heterocycles. The number of hydrogen-bond acceptors (Lipinski definition) is 3. The Morgan fingerprint density at radius 3 is 2.63 bits per heavy atom. The van der Waals surface area contributed by atoms with Crippen molar-refractivity contribution in [3.8, 4) is 0 Å². The van der Waals surface area contributed by atoms with E-state index in [1.165, 1.54) is 6.07 Å². The van der Waals surface area contributed by atoms with Gasteiger partial charge in [-0.2, -0.15) is 13.2 Å². The first-order valence-corrected chi connectivity index (χ1v) is 9.84. The fourth-order valence-electron chi connectivity index (χ4n) is 4.26. The van der Waals surface area contributed by atoms with E-state index in [0.717, 1.165) is 41.3 Å². The molecule has 156 valence electrons. The number of pyridine rings is 1. The predicted octanol–water partition coefficient (Wildman–Crippen LogP) is 5.28. The molecule has 0 amide bonds. The summed E-state index contributed by atoms with van der Waals surface area (Å²) in [5.41, 5.74) is 0.464. The molecule has 2 atom stereocenters. The van der Waals surface area contributed by atoms with E-state index in [0.29, 0.717) is 18.5 Å². The predicted molar refractivity (Wildman–Crippen MR) is 107 cm³/mol. The van der Waals surface area contributed by atoms with Gasteiger partial charge in [-0.05, 0) is 60.2 Å². The van der Waals surface area contributed by atoms with Gasteiger partial charge in [-0.15, -0.1) is 0 Å². The van der Waals surface area contributed by atoms with Crippen LogP contribution in [0.2, 0.25) is 0 Å². The van der Waals surface area contributed by atoms with E-state index in [-0.39, 0.29) is 0 Å². The van der Waals surface area contributed by atoms with E-state index in [4.69, 9.17) is 0 Å². The Labute approximate surface area is 172 Å². The number of hydrogen-bond donors (Lipinski definition) is 1. The largest absolute Gasteiger partial charge is 0.480 e. The van der Waals surface area contributed by atoms with Crippen molar-refractivity contribution in [2.24, 2.45) is 0 Å². The summed E-state index contributed by atoms with van der Waals surface area (Å²) in [6.07, 6.45) is 0.973. The number of carbonyl (C=O) groups is 1. The minimum Gasteiger partial charge on any atom is -0.480 e. The Hall–Kier alpha value is -2.93. The molecule has 2 unspecified atom stereocenters. The maximum atomic E-state index is 13.4. The van der Waals surface area contributed by atoms with Crippen LogP contribution in [0.15, 0.2) is 60.9 Å². The van der Waals surface area contributed by atoms with Gasteiger partial charge in [-0.3, -0.25) is 14.7 Å². The highest BCUT2D eigenvalue weighted by Crippen LogP contribution is 2.38. The molecule has 0 saturated carbocycles. The van der Waals surface area contributed by atoms with Crippen molar-refractivity contribution in [2.75, 3.05) is 6.54 Å². The van der Waals surface area contributed by atoms with Crippen LogP contribution < -0.4 is 0 Å². The van der Waals surface area contributed by atoms with Crippen LogP contribution >= 0.6 is 0 Å². The fourth-order valence-corrected chi connectivity index (χ4v) is 4.26. The molecular formula is C23H21F3N2O2. The number of fused-ring (bicyclic) bond motifs is 1. The van der Waals surface area contributed by atoms with E-state index >= 15 is 0 Å². The van der Waals surface area contributed by atoms with Crippen LogP contribution in [-0.4, -0.2) is 33.5 Å². The topological polar surface area (TPSA) is 53.4 Å². The van der Waals surface area contributed by atoms with Crippen molar-refractivity contribution in [1.82, 2.24) is 9.88 Å². The van der Waals surface area contributed by atoms with Gasteiger partial charge < -0.3 is 5.11 Å². The average molecular weight is 414 g/mol. The van der Waals surface area contributed by atoms with Gasteiger partial charge >= 0.3 is 12.1 Å². The van der Waals surface area contributed by atoms with Gasteiger partial charge in [-0.25, -0.2) is 0 Å². The van der Waals surface area contributed by atoms with Gasteiger partial charge in [0.1, 0.15) is 6.04 Å². The van der Waals surface area contributed by atoms with Gasteiger partial charge in [0, 0.05) is 17.8 Å². The summed E-state index contributed by atoms with van der Waals surface area (Å²) < 4.78 is 40.1. The molecule has 7 heteroatoms. The SMILES string of the molecule is O=C(O)C1CCCCN1C(c1cccc(C(F)(F)F)c1)c1ccc2cnccc2c1. The number of piperidine rings is 1. The molecule has 2 aromatic carbocycles. The number of rotatable bonds is 4. The number of nitrogens with zero attached hydrogens (tertiary/aromatic N) is 2. The summed E-state index contributed by atoms with van der Waals surface area (Å²) in [5.74, 6) is -0.948. The van der Waals surface area contributed by atoms with Gasteiger partial charge in [-0.1, -0.05) is 30.7 Å². The highest BCUT2D eigenvalue weighted by atomic mass is 19.4. The van der Waals surface area contributed by atoms with Crippen LogP contribution in [0.3, 0.4) is 0 Å². The monoisotopic (exact) mass is 414 g/mol. The van der Waals surface area contributed by atoms with Crippen molar-refractivity contribution in [1.29, 1.82) is 0 Å². The maximum Gasteiger partial charge on any atom is 0.416 e. The Bertz CT molecular complexity index is 1070. The molecule has 0 bridgehead atoms. The smallest absolute Gasteiger partial charge is 0.416 e. The molecule has 1 N–H and O–H groups in total. The molecule has 1 fully saturated rings. The lowest BCUT2D eigenvalue weighted by Crippen LogP contribution is -2.46. The average Bonchev–Trinajstić information content (AvgIpc) is 2.74. The molecule has 1 aromatic heterocycles. The first kappa shape index (κ1) is 20.3. The molecular weight excluding hydrogens is 393 g/mol. The Morgan fingerprint density at radius 2 is 1.87 bits per heavy atom. The second-order valence-electron chi connectivity index (χ2n) is 7.60. The lowest BCUT2D eigenvalue weighted by molar-refractivity contribution is -0.145. The van der Waals surface area contributed by atoms with Crippen molar-refractivity contribution < 1.29 is 23.1 Å². The van der Waals surface area contributed by atoms with Gasteiger partial charge in [0.2, 0.25) is 0 Å². The fraction of sp³-hybridized carbons (Fsp3) is 0.304. The van der Waals surface area contributed by atoms with E-state index < -0.39 is 29.8 Å². The lowest BCUT2D eigenvalue weighted by Gasteiger charge is -2.40. The number of carboxylic acids is 1. The zero-order chi connectivity index (χ0) is 21.3. The molecule has 30 heavy (non-hydrogen) atoms. The summed E-state index contributed by atoms with van der Waals surface area (Å²) in [7, 11) is 0.